The summed E-state index contributed by atoms with van der Waals surface area (Å²) in [5, 5.41) is 3.42. The first-order chi connectivity index (χ1) is 8.21. The highest BCUT2D eigenvalue weighted by Gasteiger charge is 2.04. The molecular formula is C14H24N2O. The molecule has 0 bridgehead atoms. The van der Waals surface area contributed by atoms with Crippen molar-refractivity contribution in [1.82, 2.24) is 0 Å². The Morgan fingerprint density at radius 2 is 2.18 bits per heavy atom. The van der Waals surface area contributed by atoms with Crippen molar-refractivity contribution in [2.45, 2.75) is 26.7 Å². The lowest BCUT2D eigenvalue weighted by atomic mass is 10.1. The highest BCUT2D eigenvalue weighted by Crippen LogP contribution is 2.25. The fourth-order valence-corrected chi connectivity index (χ4v) is 1.68. The minimum absolute atomic E-state index is 0.558. The Hall–Kier alpha value is -1.22. The molecule has 96 valence electrons. The van der Waals surface area contributed by atoms with Gasteiger partial charge in [-0.3, -0.25) is 0 Å². The molecule has 0 aliphatic rings. The van der Waals surface area contributed by atoms with Gasteiger partial charge >= 0.3 is 0 Å². The van der Waals surface area contributed by atoms with Crippen molar-refractivity contribution in [3.63, 3.8) is 0 Å². The Bertz CT molecular complexity index is 339. The normalized spacial score (nSPS) is 12.2. The largest absolute Gasteiger partial charge is 0.495 e. The number of benzene rings is 1. The van der Waals surface area contributed by atoms with Gasteiger partial charge in [-0.15, -0.1) is 0 Å². The summed E-state index contributed by atoms with van der Waals surface area (Å²) in [6.45, 7) is 6.00. The first kappa shape index (κ1) is 13.8. The molecule has 1 unspecified atom stereocenters. The third-order valence-corrected chi connectivity index (χ3v) is 3.03. The highest BCUT2D eigenvalue weighted by atomic mass is 16.5. The van der Waals surface area contributed by atoms with E-state index < -0.39 is 0 Å². The van der Waals surface area contributed by atoms with Gasteiger partial charge in [-0.1, -0.05) is 19.9 Å². The fraction of sp³-hybridized carbons (Fsp3) is 0.571. The van der Waals surface area contributed by atoms with Crippen LogP contribution in [0.25, 0.3) is 0 Å². The van der Waals surface area contributed by atoms with Crippen LogP contribution in [0.4, 0.5) is 5.69 Å². The van der Waals surface area contributed by atoms with Crippen LogP contribution in [-0.4, -0.2) is 20.2 Å². The van der Waals surface area contributed by atoms with E-state index in [1.54, 1.807) is 7.11 Å². The average Bonchev–Trinajstić information content (AvgIpc) is 2.38. The topological polar surface area (TPSA) is 47.3 Å². The Morgan fingerprint density at radius 3 is 2.76 bits per heavy atom. The molecular weight excluding hydrogens is 212 g/mol. The van der Waals surface area contributed by atoms with Crippen LogP contribution in [0.15, 0.2) is 18.2 Å². The minimum Gasteiger partial charge on any atom is -0.495 e. The Kier molecular flexibility index (Phi) is 5.84. The van der Waals surface area contributed by atoms with E-state index in [1.165, 1.54) is 5.56 Å². The SMILES string of the molecule is CCc1ccc(OC)c(NCCC(C)CN)c1. The lowest BCUT2D eigenvalue weighted by Gasteiger charge is -2.14. The number of nitrogens with two attached hydrogens (primary N) is 1. The van der Waals surface area contributed by atoms with Gasteiger partial charge in [0, 0.05) is 6.54 Å². The highest BCUT2D eigenvalue weighted by molar-refractivity contribution is 5.58. The summed E-state index contributed by atoms with van der Waals surface area (Å²) in [6.07, 6.45) is 2.12. The smallest absolute Gasteiger partial charge is 0.141 e. The third-order valence-electron chi connectivity index (χ3n) is 3.03. The van der Waals surface area contributed by atoms with Gasteiger partial charge in [-0.05, 0) is 43.0 Å². The van der Waals surface area contributed by atoms with Crippen LogP contribution < -0.4 is 15.8 Å². The molecule has 0 saturated carbocycles. The second-order valence-corrected chi connectivity index (χ2v) is 4.44. The van der Waals surface area contributed by atoms with Crippen LogP contribution in [0.1, 0.15) is 25.8 Å². The number of methoxy groups -OCH3 is 1. The predicted octanol–water partition coefficient (Wildman–Crippen LogP) is 2.65. The van der Waals surface area contributed by atoms with Crippen LogP contribution in [0.3, 0.4) is 0 Å². The minimum atomic E-state index is 0.558. The van der Waals surface area contributed by atoms with Gasteiger partial charge in [0.15, 0.2) is 0 Å². The van der Waals surface area contributed by atoms with Crippen LogP contribution in [0.5, 0.6) is 5.75 Å². The molecule has 0 spiro atoms. The third kappa shape index (κ3) is 4.27. The monoisotopic (exact) mass is 236 g/mol. The standard InChI is InChI=1S/C14H24N2O/c1-4-12-5-6-14(17-3)13(9-12)16-8-7-11(2)10-15/h5-6,9,11,16H,4,7-8,10,15H2,1-3H3. The lowest BCUT2D eigenvalue weighted by molar-refractivity contribution is 0.416. The molecule has 0 radical (unpaired) electrons. The van der Waals surface area contributed by atoms with Gasteiger partial charge in [-0.25, -0.2) is 0 Å². The summed E-state index contributed by atoms with van der Waals surface area (Å²) >= 11 is 0. The van der Waals surface area contributed by atoms with E-state index in [4.69, 9.17) is 10.5 Å². The van der Waals surface area contributed by atoms with Gasteiger partial charge in [0.1, 0.15) is 5.75 Å². The second-order valence-electron chi connectivity index (χ2n) is 4.44. The summed E-state index contributed by atoms with van der Waals surface area (Å²) in [6, 6.07) is 6.28. The van der Waals surface area contributed by atoms with Gasteiger partial charge in [0.05, 0.1) is 12.8 Å². The van der Waals surface area contributed by atoms with Gasteiger partial charge in [0.25, 0.3) is 0 Å². The van der Waals surface area contributed by atoms with Gasteiger partial charge in [0.2, 0.25) is 0 Å². The van der Waals surface area contributed by atoms with Gasteiger partial charge in [-0.2, -0.15) is 0 Å². The number of hydrogen-bond acceptors (Lipinski definition) is 3. The first-order valence-electron chi connectivity index (χ1n) is 6.32. The number of ether oxygens (including phenoxy) is 1. The molecule has 0 aliphatic carbocycles. The van der Waals surface area contributed by atoms with E-state index in [9.17, 15) is 0 Å². The van der Waals surface area contributed by atoms with Crippen LogP contribution >= 0.6 is 0 Å². The summed E-state index contributed by atoms with van der Waals surface area (Å²) in [5.74, 6) is 1.46. The van der Waals surface area contributed by atoms with E-state index in [0.29, 0.717) is 5.92 Å². The molecule has 1 aromatic rings. The first-order valence-corrected chi connectivity index (χ1v) is 6.32. The molecule has 0 saturated heterocycles. The molecule has 3 nitrogen and oxygen atoms in total. The van der Waals surface area contributed by atoms with Crippen molar-refractivity contribution >= 4 is 5.69 Å². The summed E-state index contributed by atoms with van der Waals surface area (Å²) in [4.78, 5) is 0. The van der Waals surface area contributed by atoms with Crippen molar-refractivity contribution in [3.05, 3.63) is 23.8 Å². The zero-order valence-electron chi connectivity index (χ0n) is 11.1. The van der Waals surface area contributed by atoms with Crippen molar-refractivity contribution in [2.24, 2.45) is 11.7 Å². The molecule has 17 heavy (non-hydrogen) atoms. The fourth-order valence-electron chi connectivity index (χ4n) is 1.68. The lowest BCUT2D eigenvalue weighted by Crippen LogP contribution is -2.15. The number of anilines is 1. The molecule has 0 heterocycles. The number of nitrogens with one attached hydrogen (secondary N) is 1. The van der Waals surface area contributed by atoms with E-state index in [2.05, 4.69) is 31.3 Å². The van der Waals surface area contributed by atoms with Crippen LogP contribution in [0.2, 0.25) is 0 Å². The number of hydrogen-bond donors (Lipinski definition) is 2. The van der Waals surface area contributed by atoms with Crippen LogP contribution in [0, 0.1) is 5.92 Å². The predicted molar refractivity (Wildman–Crippen MR) is 73.7 cm³/mol. The van der Waals surface area contributed by atoms with Crippen molar-refractivity contribution in [1.29, 1.82) is 0 Å². The second kappa shape index (κ2) is 7.17. The molecule has 0 amide bonds. The maximum Gasteiger partial charge on any atom is 0.141 e. The molecule has 3 N–H and O–H groups in total. The summed E-state index contributed by atoms with van der Waals surface area (Å²) < 4.78 is 5.34. The number of rotatable bonds is 7. The molecule has 1 rings (SSSR count). The average molecular weight is 236 g/mol. The molecule has 1 atom stereocenters. The van der Waals surface area contributed by atoms with Crippen LogP contribution in [-0.2, 0) is 6.42 Å². The Morgan fingerprint density at radius 1 is 1.41 bits per heavy atom. The molecule has 0 aliphatic heterocycles. The van der Waals surface area contributed by atoms with Crippen molar-refractivity contribution in [2.75, 3.05) is 25.5 Å². The van der Waals surface area contributed by atoms with Crippen molar-refractivity contribution in [3.8, 4) is 5.75 Å². The maximum absolute atomic E-state index is 5.60. The van der Waals surface area contributed by atoms with Crippen molar-refractivity contribution < 1.29 is 4.74 Å². The van der Waals surface area contributed by atoms with E-state index in [1.807, 2.05) is 6.07 Å². The molecule has 1 aromatic carbocycles. The molecule has 3 heteroatoms. The Labute approximate surface area is 104 Å². The Balaban J connectivity index is 2.61. The van der Waals surface area contributed by atoms with Gasteiger partial charge < -0.3 is 15.8 Å². The zero-order valence-corrected chi connectivity index (χ0v) is 11.1. The molecule has 0 fully saturated rings. The van der Waals surface area contributed by atoms with E-state index in [0.717, 1.165) is 37.4 Å². The summed E-state index contributed by atoms with van der Waals surface area (Å²) in [5.41, 5.74) is 8.00. The van der Waals surface area contributed by atoms with E-state index >= 15 is 0 Å². The quantitative estimate of drug-likeness (QED) is 0.765. The zero-order chi connectivity index (χ0) is 12.7. The number of aryl methyl sites for hydroxylation is 1. The summed E-state index contributed by atoms with van der Waals surface area (Å²) in [7, 11) is 1.70. The maximum atomic E-state index is 5.60. The molecule has 0 aromatic heterocycles. The van der Waals surface area contributed by atoms with E-state index in [-0.39, 0.29) is 0 Å².